The van der Waals surface area contributed by atoms with Crippen LogP contribution in [0.2, 0.25) is 0 Å². The maximum atomic E-state index is 14.0. The molecule has 0 amide bonds. The van der Waals surface area contributed by atoms with E-state index in [0.717, 1.165) is 25.1 Å². The highest BCUT2D eigenvalue weighted by atomic mass is 19.1. The van der Waals surface area contributed by atoms with Crippen molar-refractivity contribution >= 4 is 0 Å². The molecule has 0 radical (unpaired) electrons. The fourth-order valence-electron chi connectivity index (χ4n) is 2.66. The van der Waals surface area contributed by atoms with Crippen molar-refractivity contribution in [1.29, 1.82) is 0 Å². The van der Waals surface area contributed by atoms with Gasteiger partial charge in [0.2, 0.25) is 0 Å². The van der Waals surface area contributed by atoms with Gasteiger partial charge < -0.3 is 10.5 Å². The molecule has 1 aromatic rings. The normalized spacial score (nSPS) is 24.6. The molecule has 106 valence electrons. The van der Waals surface area contributed by atoms with Crippen molar-refractivity contribution in [3.8, 4) is 0 Å². The van der Waals surface area contributed by atoms with E-state index in [1.807, 2.05) is 0 Å². The Balaban J connectivity index is 2.36. The van der Waals surface area contributed by atoms with Crippen LogP contribution in [0.5, 0.6) is 0 Å². The van der Waals surface area contributed by atoms with E-state index in [0.29, 0.717) is 25.3 Å². The summed E-state index contributed by atoms with van der Waals surface area (Å²) >= 11 is 0. The van der Waals surface area contributed by atoms with Gasteiger partial charge in [0, 0.05) is 18.7 Å². The zero-order valence-electron chi connectivity index (χ0n) is 11.1. The second-order valence-electron chi connectivity index (χ2n) is 4.79. The van der Waals surface area contributed by atoms with Crippen molar-refractivity contribution in [3.63, 3.8) is 0 Å². The van der Waals surface area contributed by atoms with Gasteiger partial charge in [0.1, 0.15) is 11.6 Å². The summed E-state index contributed by atoms with van der Waals surface area (Å²) < 4.78 is 33.0. The lowest BCUT2D eigenvalue weighted by Gasteiger charge is -2.41. The summed E-state index contributed by atoms with van der Waals surface area (Å²) in [6.45, 7) is 4.47. The van der Waals surface area contributed by atoms with Crippen LogP contribution in [0.15, 0.2) is 18.2 Å². The summed E-state index contributed by atoms with van der Waals surface area (Å²) in [7, 11) is 0. The number of benzene rings is 1. The minimum Gasteiger partial charge on any atom is -0.374 e. The average molecular weight is 270 g/mol. The molecule has 2 N–H and O–H groups in total. The molecule has 3 nitrogen and oxygen atoms in total. The minimum atomic E-state index is -0.436. The minimum absolute atomic E-state index is 0.292. The number of ether oxygens (including phenoxy) is 1. The highest BCUT2D eigenvalue weighted by Crippen LogP contribution is 2.31. The number of hydrogen-bond donors (Lipinski definition) is 1. The van der Waals surface area contributed by atoms with Gasteiger partial charge in [0.15, 0.2) is 0 Å². The van der Waals surface area contributed by atoms with Crippen LogP contribution in [0, 0.1) is 11.6 Å². The van der Waals surface area contributed by atoms with E-state index in [4.69, 9.17) is 10.5 Å². The van der Waals surface area contributed by atoms with Crippen molar-refractivity contribution in [2.24, 2.45) is 5.73 Å². The first-order chi connectivity index (χ1) is 9.17. The largest absolute Gasteiger partial charge is 0.374 e. The molecule has 0 aliphatic carbocycles. The van der Waals surface area contributed by atoms with E-state index < -0.39 is 11.6 Å². The lowest BCUT2D eigenvalue weighted by atomic mass is 9.97. The van der Waals surface area contributed by atoms with Crippen LogP contribution in [0.1, 0.15) is 24.9 Å². The maximum absolute atomic E-state index is 14.0. The summed E-state index contributed by atoms with van der Waals surface area (Å²) in [5.74, 6) is -0.842. The fourth-order valence-corrected chi connectivity index (χ4v) is 2.66. The van der Waals surface area contributed by atoms with Crippen LogP contribution in [0.4, 0.5) is 8.78 Å². The van der Waals surface area contributed by atoms with Crippen molar-refractivity contribution in [1.82, 2.24) is 4.90 Å². The first kappa shape index (κ1) is 14.4. The predicted molar refractivity (Wildman–Crippen MR) is 69.8 cm³/mol. The highest BCUT2D eigenvalue weighted by molar-refractivity contribution is 5.24. The summed E-state index contributed by atoms with van der Waals surface area (Å²) in [5.41, 5.74) is 6.05. The molecule has 0 spiro atoms. The molecule has 1 aliphatic heterocycles. The number of nitrogens with two attached hydrogens (primary N) is 1. The summed E-state index contributed by atoms with van der Waals surface area (Å²) in [6.07, 6.45) is 0.654. The topological polar surface area (TPSA) is 38.5 Å². The number of halogens is 2. The highest BCUT2D eigenvalue weighted by Gasteiger charge is 2.34. The second-order valence-corrected chi connectivity index (χ2v) is 4.79. The third-order valence-electron chi connectivity index (χ3n) is 3.48. The molecule has 1 saturated heterocycles. The smallest absolute Gasteiger partial charge is 0.128 e. The monoisotopic (exact) mass is 270 g/mol. The molecule has 5 heteroatoms. The van der Waals surface area contributed by atoms with Crippen LogP contribution in [-0.2, 0) is 4.74 Å². The molecule has 2 atom stereocenters. The molecule has 0 saturated carbocycles. The Bertz CT molecular complexity index is 426. The van der Waals surface area contributed by atoms with E-state index in [2.05, 4.69) is 11.8 Å². The first-order valence-electron chi connectivity index (χ1n) is 6.68. The number of morpholine rings is 1. The van der Waals surface area contributed by atoms with Crippen molar-refractivity contribution in [3.05, 3.63) is 35.4 Å². The molecule has 1 aliphatic rings. The summed E-state index contributed by atoms with van der Waals surface area (Å²) in [5, 5.41) is 0. The third-order valence-corrected chi connectivity index (χ3v) is 3.48. The fraction of sp³-hybridized carbons (Fsp3) is 0.571. The molecule has 19 heavy (non-hydrogen) atoms. The van der Waals surface area contributed by atoms with Gasteiger partial charge in [-0.2, -0.15) is 0 Å². The number of hydrogen-bond acceptors (Lipinski definition) is 3. The van der Waals surface area contributed by atoms with Gasteiger partial charge in [-0.25, -0.2) is 8.78 Å². The van der Waals surface area contributed by atoms with E-state index >= 15 is 0 Å². The quantitative estimate of drug-likeness (QED) is 0.910. The SMILES string of the molecule is CCCN1CCOC(CN)C1c1cc(F)ccc1F. The maximum Gasteiger partial charge on any atom is 0.128 e. The number of nitrogens with zero attached hydrogens (tertiary/aromatic N) is 1. The zero-order chi connectivity index (χ0) is 13.8. The van der Waals surface area contributed by atoms with E-state index in [-0.39, 0.29) is 12.1 Å². The molecule has 1 heterocycles. The lowest BCUT2D eigenvalue weighted by molar-refractivity contribution is -0.0687. The summed E-state index contributed by atoms with van der Waals surface area (Å²) in [6, 6.07) is 3.23. The average Bonchev–Trinajstić information content (AvgIpc) is 2.42. The molecular weight excluding hydrogens is 250 g/mol. The van der Waals surface area contributed by atoms with Gasteiger partial charge in [0.25, 0.3) is 0 Å². The third kappa shape index (κ3) is 3.11. The molecule has 1 aromatic carbocycles. The molecule has 0 aromatic heterocycles. The second kappa shape index (κ2) is 6.41. The molecule has 1 fully saturated rings. The zero-order valence-corrected chi connectivity index (χ0v) is 11.1. The van der Waals surface area contributed by atoms with Crippen molar-refractivity contribution in [2.75, 3.05) is 26.2 Å². The van der Waals surface area contributed by atoms with E-state index in [1.165, 1.54) is 6.07 Å². The van der Waals surface area contributed by atoms with E-state index in [1.54, 1.807) is 0 Å². The van der Waals surface area contributed by atoms with Crippen molar-refractivity contribution in [2.45, 2.75) is 25.5 Å². The Morgan fingerprint density at radius 3 is 2.89 bits per heavy atom. The Kier molecular flexibility index (Phi) is 4.85. The van der Waals surface area contributed by atoms with Crippen LogP contribution in [-0.4, -0.2) is 37.2 Å². The van der Waals surface area contributed by atoms with Gasteiger partial charge in [-0.05, 0) is 31.2 Å². The van der Waals surface area contributed by atoms with E-state index in [9.17, 15) is 8.78 Å². The Morgan fingerprint density at radius 2 is 2.21 bits per heavy atom. The Morgan fingerprint density at radius 1 is 1.42 bits per heavy atom. The van der Waals surface area contributed by atoms with Crippen molar-refractivity contribution < 1.29 is 13.5 Å². The van der Waals surface area contributed by atoms with Crippen LogP contribution in [0.3, 0.4) is 0 Å². The van der Waals surface area contributed by atoms with Gasteiger partial charge in [-0.1, -0.05) is 6.92 Å². The molecule has 2 rings (SSSR count). The molecular formula is C14H20F2N2O. The standard InChI is InChI=1S/C14H20F2N2O/c1-2-5-18-6-7-19-13(9-17)14(18)11-8-10(15)3-4-12(11)16/h3-4,8,13-14H,2,5-7,9,17H2,1H3. The van der Waals surface area contributed by atoms with Gasteiger partial charge >= 0.3 is 0 Å². The summed E-state index contributed by atoms with van der Waals surface area (Å²) in [4.78, 5) is 2.12. The van der Waals surface area contributed by atoms with Crippen LogP contribution >= 0.6 is 0 Å². The van der Waals surface area contributed by atoms with Gasteiger partial charge in [-0.3, -0.25) is 4.90 Å². The Hall–Kier alpha value is -1.04. The van der Waals surface area contributed by atoms with Crippen LogP contribution < -0.4 is 5.73 Å². The van der Waals surface area contributed by atoms with Gasteiger partial charge in [0.05, 0.1) is 18.8 Å². The first-order valence-corrected chi connectivity index (χ1v) is 6.68. The Labute approximate surface area is 112 Å². The van der Waals surface area contributed by atoms with Gasteiger partial charge in [-0.15, -0.1) is 0 Å². The predicted octanol–water partition coefficient (Wildman–Crippen LogP) is 2.08. The lowest BCUT2D eigenvalue weighted by Crippen LogP contribution is -2.48. The van der Waals surface area contributed by atoms with Crippen LogP contribution in [0.25, 0.3) is 0 Å². The molecule has 2 unspecified atom stereocenters. The molecule has 0 bridgehead atoms. The number of rotatable bonds is 4.